The van der Waals surface area contributed by atoms with Crippen molar-refractivity contribution in [1.82, 2.24) is 0 Å². The van der Waals surface area contributed by atoms with Gasteiger partial charge in [-0.3, -0.25) is 0 Å². The van der Waals surface area contributed by atoms with Crippen molar-refractivity contribution in [2.75, 3.05) is 0 Å². The highest BCUT2D eigenvalue weighted by Crippen LogP contribution is 2.41. The minimum absolute atomic E-state index is 0.122. The Labute approximate surface area is 94.2 Å². The number of fused-ring (bicyclic) bond motifs is 1. The molecule has 7 heteroatoms. The molecule has 1 heterocycles. The van der Waals surface area contributed by atoms with Gasteiger partial charge in [0.15, 0.2) is 17.6 Å². The fraction of sp³-hybridized carbons (Fsp3) is 0.300. The monoisotopic (exact) mass is 246 g/mol. The minimum Gasteiger partial charge on any atom is -0.479 e. The molecule has 0 amide bonds. The highest BCUT2D eigenvalue weighted by Gasteiger charge is 2.43. The van der Waals surface area contributed by atoms with Crippen molar-refractivity contribution in [3.63, 3.8) is 0 Å². The number of hydrogen-bond acceptors (Lipinski definition) is 4. The second-order valence-corrected chi connectivity index (χ2v) is 3.51. The van der Waals surface area contributed by atoms with E-state index < -0.39 is 18.4 Å². The first-order chi connectivity index (χ1) is 7.87. The number of rotatable bonds is 3. The van der Waals surface area contributed by atoms with Gasteiger partial charge in [0.25, 0.3) is 0 Å². The fourth-order valence-electron chi connectivity index (χ4n) is 1.43. The van der Waals surface area contributed by atoms with Crippen molar-refractivity contribution in [2.45, 2.75) is 18.8 Å². The van der Waals surface area contributed by atoms with Gasteiger partial charge in [-0.05, 0) is 17.7 Å². The van der Waals surface area contributed by atoms with Crippen molar-refractivity contribution in [1.29, 1.82) is 0 Å². The number of carboxylic acids is 1. The SMILES string of the molecule is O=C(O)C(O)Cc1ccc2c(c1)OC(F)(F)O2. The van der Waals surface area contributed by atoms with E-state index >= 15 is 0 Å². The number of alkyl halides is 2. The van der Waals surface area contributed by atoms with Crippen LogP contribution >= 0.6 is 0 Å². The minimum atomic E-state index is -3.70. The number of aliphatic hydroxyl groups excluding tert-OH is 1. The molecule has 0 aromatic heterocycles. The molecule has 0 aliphatic carbocycles. The Hall–Kier alpha value is -1.89. The Bertz CT molecular complexity index is 460. The maximum atomic E-state index is 12.7. The van der Waals surface area contributed by atoms with Crippen molar-refractivity contribution < 1.29 is 33.3 Å². The molecule has 5 nitrogen and oxygen atoms in total. The highest BCUT2D eigenvalue weighted by atomic mass is 19.3. The Morgan fingerprint density at radius 1 is 1.35 bits per heavy atom. The lowest BCUT2D eigenvalue weighted by molar-refractivity contribution is -0.286. The largest absolute Gasteiger partial charge is 0.586 e. The van der Waals surface area contributed by atoms with Crippen LogP contribution in [-0.2, 0) is 11.2 Å². The molecule has 0 radical (unpaired) electrons. The van der Waals surface area contributed by atoms with Gasteiger partial charge < -0.3 is 19.7 Å². The van der Waals surface area contributed by atoms with E-state index in [0.29, 0.717) is 5.56 Å². The molecule has 0 saturated heterocycles. The van der Waals surface area contributed by atoms with Crippen LogP contribution in [-0.4, -0.2) is 28.6 Å². The predicted octanol–water partition coefficient (Wildman–Crippen LogP) is 0.996. The molecule has 0 saturated carbocycles. The lowest BCUT2D eigenvalue weighted by Gasteiger charge is -2.06. The van der Waals surface area contributed by atoms with E-state index in [4.69, 9.17) is 10.2 Å². The van der Waals surface area contributed by atoms with Crippen LogP contribution in [0, 0.1) is 0 Å². The van der Waals surface area contributed by atoms with E-state index in [-0.39, 0.29) is 17.9 Å². The van der Waals surface area contributed by atoms with Crippen molar-refractivity contribution in [3.8, 4) is 11.5 Å². The van der Waals surface area contributed by atoms with Crippen molar-refractivity contribution >= 4 is 5.97 Å². The molecule has 1 atom stereocenters. The van der Waals surface area contributed by atoms with E-state index in [9.17, 15) is 13.6 Å². The van der Waals surface area contributed by atoms with Gasteiger partial charge in [0.1, 0.15) is 0 Å². The summed E-state index contributed by atoms with van der Waals surface area (Å²) in [6.45, 7) is 0. The summed E-state index contributed by atoms with van der Waals surface area (Å²) in [7, 11) is 0. The lowest BCUT2D eigenvalue weighted by atomic mass is 10.1. The van der Waals surface area contributed by atoms with Gasteiger partial charge in [0.2, 0.25) is 0 Å². The van der Waals surface area contributed by atoms with E-state index in [1.54, 1.807) is 0 Å². The summed E-state index contributed by atoms with van der Waals surface area (Å²) in [4.78, 5) is 10.4. The van der Waals surface area contributed by atoms with Gasteiger partial charge in [-0.15, -0.1) is 8.78 Å². The Morgan fingerprint density at radius 2 is 2.00 bits per heavy atom. The second-order valence-electron chi connectivity index (χ2n) is 3.51. The van der Waals surface area contributed by atoms with Crippen molar-refractivity contribution in [3.05, 3.63) is 23.8 Å². The third kappa shape index (κ3) is 2.44. The number of hydrogen-bond donors (Lipinski definition) is 2. The number of benzene rings is 1. The van der Waals surface area contributed by atoms with Crippen LogP contribution in [0.5, 0.6) is 11.5 Å². The number of carboxylic acid groups (broad SMARTS) is 1. The summed E-state index contributed by atoms with van der Waals surface area (Å²) in [6, 6.07) is 3.83. The normalized spacial score (nSPS) is 17.8. The van der Waals surface area contributed by atoms with Crippen LogP contribution in [0.2, 0.25) is 0 Å². The average Bonchev–Trinajstić information content (AvgIpc) is 2.50. The van der Waals surface area contributed by atoms with Gasteiger partial charge in [-0.2, -0.15) is 0 Å². The fourth-order valence-corrected chi connectivity index (χ4v) is 1.43. The molecule has 92 valence electrons. The number of ether oxygens (including phenoxy) is 2. The van der Waals surface area contributed by atoms with Crippen molar-refractivity contribution in [2.24, 2.45) is 0 Å². The number of aliphatic hydroxyl groups is 1. The zero-order chi connectivity index (χ0) is 12.6. The summed E-state index contributed by atoms with van der Waals surface area (Å²) in [5.41, 5.74) is 0.361. The molecule has 0 spiro atoms. The molecule has 2 N–H and O–H groups in total. The first-order valence-electron chi connectivity index (χ1n) is 4.67. The Morgan fingerprint density at radius 3 is 2.65 bits per heavy atom. The van der Waals surface area contributed by atoms with Gasteiger partial charge in [-0.1, -0.05) is 6.07 Å². The molecule has 0 bridgehead atoms. The molecule has 0 fully saturated rings. The molecular formula is C10H8F2O5. The topological polar surface area (TPSA) is 76.0 Å². The Balaban J connectivity index is 2.16. The summed E-state index contributed by atoms with van der Waals surface area (Å²) in [6.07, 6.45) is -5.49. The average molecular weight is 246 g/mol. The summed E-state index contributed by atoms with van der Waals surface area (Å²) >= 11 is 0. The molecular weight excluding hydrogens is 238 g/mol. The third-order valence-electron chi connectivity index (χ3n) is 2.18. The first-order valence-corrected chi connectivity index (χ1v) is 4.67. The summed E-state index contributed by atoms with van der Waals surface area (Å²) in [5.74, 6) is -1.68. The highest BCUT2D eigenvalue weighted by molar-refractivity contribution is 5.72. The first kappa shape index (κ1) is 11.6. The van der Waals surface area contributed by atoms with Crippen LogP contribution < -0.4 is 9.47 Å². The standard InChI is InChI=1S/C10H8F2O5/c11-10(12)16-7-2-1-5(4-8(7)17-10)3-6(13)9(14)15/h1-2,4,6,13H,3H2,(H,14,15). The lowest BCUT2D eigenvalue weighted by Crippen LogP contribution is -2.26. The van der Waals surface area contributed by atoms with Gasteiger partial charge in [0, 0.05) is 6.42 Å². The van der Waals surface area contributed by atoms with Crippen LogP contribution in [0.4, 0.5) is 8.78 Å². The van der Waals surface area contributed by atoms with E-state index in [2.05, 4.69) is 9.47 Å². The molecule has 17 heavy (non-hydrogen) atoms. The van der Waals surface area contributed by atoms with Crippen LogP contribution in [0.3, 0.4) is 0 Å². The van der Waals surface area contributed by atoms with Gasteiger partial charge in [-0.25, -0.2) is 4.79 Å². The summed E-state index contributed by atoms with van der Waals surface area (Å²) < 4.78 is 33.7. The zero-order valence-electron chi connectivity index (χ0n) is 8.39. The van der Waals surface area contributed by atoms with Gasteiger partial charge >= 0.3 is 12.3 Å². The van der Waals surface area contributed by atoms with E-state index in [1.165, 1.54) is 18.2 Å². The number of halogens is 2. The predicted molar refractivity (Wildman–Crippen MR) is 50.0 cm³/mol. The van der Waals surface area contributed by atoms with Gasteiger partial charge in [0.05, 0.1) is 0 Å². The maximum absolute atomic E-state index is 12.7. The van der Waals surface area contributed by atoms with E-state index in [1.807, 2.05) is 0 Å². The second kappa shape index (κ2) is 3.85. The third-order valence-corrected chi connectivity index (χ3v) is 2.18. The number of carbonyl (C=O) groups is 1. The molecule has 1 aliphatic rings. The smallest absolute Gasteiger partial charge is 0.479 e. The Kier molecular flexibility index (Phi) is 2.62. The van der Waals surface area contributed by atoms with Crippen LogP contribution in [0.25, 0.3) is 0 Å². The molecule has 1 aliphatic heterocycles. The van der Waals surface area contributed by atoms with E-state index in [0.717, 1.165) is 0 Å². The molecule has 1 aromatic rings. The summed E-state index contributed by atoms with van der Waals surface area (Å²) in [5, 5.41) is 17.6. The number of aliphatic carboxylic acids is 1. The molecule has 1 unspecified atom stereocenters. The molecule has 2 rings (SSSR count). The zero-order valence-corrected chi connectivity index (χ0v) is 8.39. The van der Waals surface area contributed by atoms with Crippen LogP contribution in [0.15, 0.2) is 18.2 Å². The molecule has 1 aromatic carbocycles. The quantitative estimate of drug-likeness (QED) is 0.831. The van der Waals surface area contributed by atoms with Crippen LogP contribution in [0.1, 0.15) is 5.56 Å². The maximum Gasteiger partial charge on any atom is 0.586 e.